The van der Waals surface area contributed by atoms with Gasteiger partial charge in [0.2, 0.25) is 5.91 Å². The monoisotopic (exact) mass is 668 g/mol. The van der Waals surface area contributed by atoms with E-state index in [0.717, 1.165) is 49.5 Å². The van der Waals surface area contributed by atoms with Gasteiger partial charge in [-0.3, -0.25) is 19.2 Å². The average molecular weight is 669 g/mol. The number of aromatic nitrogens is 1. The Labute approximate surface area is 290 Å². The van der Waals surface area contributed by atoms with Crippen molar-refractivity contribution in [1.29, 1.82) is 0 Å². The summed E-state index contributed by atoms with van der Waals surface area (Å²) < 4.78 is 11.4. The van der Waals surface area contributed by atoms with E-state index in [4.69, 9.17) is 4.74 Å². The second kappa shape index (κ2) is 12.7. The first-order valence-corrected chi connectivity index (χ1v) is 19.6. The standard InChI is InChI=1S/C40H52N4O3S/c1-4-21-48-41-37(45)28-13-15-31-34(22-28)44-26-40(38(46)43-20-19-42(2)39(25-43)17-9-6-10-18-39)24-33(40)32-23-29(47-3)14-16-30(32)36(44)35(31)27-11-7-5-8-12-27/h13-16,22-23,27,33H,4-12,17-21,24-26H2,1-3H3,(H,41,45). The van der Waals surface area contributed by atoms with Crippen LogP contribution in [0.4, 0.5) is 0 Å². The highest BCUT2D eigenvalue weighted by Crippen LogP contribution is 2.66. The highest BCUT2D eigenvalue weighted by Gasteiger charge is 2.64. The molecule has 8 rings (SSSR count). The third-order valence-electron chi connectivity index (χ3n) is 12.8. The van der Waals surface area contributed by atoms with Gasteiger partial charge in [-0.05, 0) is 92.9 Å². The lowest BCUT2D eigenvalue weighted by Gasteiger charge is -2.52. The Morgan fingerprint density at radius 2 is 1.77 bits per heavy atom. The Kier molecular flexibility index (Phi) is 8.55. The number of hydrogen-bond donors (Lipinski definition) is 1. The van der Waals surface area contributed by atoms with E-state index in [1.807, 2.05) is 6.07 Å². The largest absolute Gasteiger partial charge is 0.497 e. The first-order chi connectivity index (χ1) is 23.4. The van der Waals surface area contributed by atoms with E-state index in [-0.39, 0.29) is 17.4 Å². The van der Waals surface area contributed by atoms with Crippen molar-refractivity contribution in [3.8, 4) is 17.0 Å². The number of likely N-dealkylation sites (N-methyl/N-ethyl adjacent to an activating group) is 1. The van der Waals surface area contributed by atoms with Crippen LogP contribution in [0, 0.1) is 5.41 Å². The van der Waals surface area contributed by atoms with Crippen LogP contribution in [0.25, 0.3) is 22.2 Å². The Hall–Kier alpha value is -2.97. The third kappa shape index (κ3) is 5.28. The molecule has 0 radical (unpaired) electrons. The number of carbonyl (C=O) groups excluding carboxylic acids is 2. The second-order valence-corrected chi connectivity index (χ2v) is 16.4. The number of benzene rings is 2. The molecule has 0 bridgehead atoms. The van der Waals surface area contributed by atoms with Crippen LogP contribution in [0.5, 0.6) is 5.75 Å². The second-order valence-electron chi connectivity index (χ2n) is 15.5. The van der Waals surface area contributed by atoms with Gasteiger partial charge in [0.25, 0.3) is 5.91 Å². The molecule has 2 atom stereocenters. The minimum atomic E-state index is -0.497. The van der Waals surface area contributed by atoms with Crippen molar-refractivity contribution in [3.63, 3.8) is 0 Å². The lowest BCUT2D eigenvalue weighted by Crippen LogP contribution is -2.63. The highest BCUT2D eigenvalue weighted by molar-refractivity contribution is 7.97. The number of carbonyl (C=O) groups is 2. The van der Waals surface area contributed by atoms with Gasteiger partial charge < -0.3 is 14.2 Å². The van der Waals surface area contributed by atoms with Crippen molar-refractivity contribution in [3.05, 3.63) is 53.1 Å². The zero-order chi connectivity index (χ0) is 33.0. The Morgan fingerprint density at radius 1 is 0.979 bits per heavy atom. The van der Waals surface area contributed by atoms with Gasteiger partial charge in [-0.1, -0.05) is 63.5 Å². The molecule has 5 aliphatic rings. The fraction of sp³-hybridized carbons (Fsp3) is 0.600. The number of methoxy groups -OCH3 is 1. The molecule has 3 aliphatic carbocycles. The van der Waals surface area contributed by atoms with Crippen LogP contribution in [-0.2, 0) is 11.3 Å². The Balaban J connectivity index is 1.27. The fourth-order valence-electron chi connectivity index (χ4n) is 10.0. The van der Waals surface area contributed by atoms with E-state index in [2.05, 4.69) is 63.4 Å². The summed E-state index contributed by atoms with van der Waals surface area (Å²) in [6.07, 6.45) is 14.2. The summed E-state index contributed by atoms with van der Waals surface area (Å²) in [6.45, 7) is 5.35. The number of nitrogens with zero attached hydrogens (tertiary/aromatic N) is 3. The molecule has 48 heavy (non-hydrogen) atoms. The molecule has 3 aromatic rings. The minimum absolute atomic E-state index is 0.0471. The first-order valence-electron chi connectivity index (χ1n) is 18.7. The van der Waals surface area contributed by atoms with Crippen molar-refractivity contribution in [2.45, 2.75) is 108 Å². The Bertz CT molecular complexity index is 1720. The quantitative estimate of drug-likeness (QED) is 0.204. The summed E-state index contributed by atoms with van der Waals surface area (Å²) in [4.78, 5) is 33.3. The van der Waals surface area contributed by atoms with Gasteiger partial charge in [0.05, 0.1) is 18.2 Å². The van der Waals surface area contributed by atoms with Crippen LogP contribution >= 0.6 is 11.9 Å². The maximum atomic E-state index is 15.1. The predicted octanol–water partition coefficient (Wildman–Crippen LogP) is 8.12. The zero-order valence-electron chi connectivity index (χ0n) is 29.1. The van der Waals surface area contributed by atoms with E-state index < -0.39 is 5.41 Å². The van der Waals surface area contributed by atoms with Crippen molar-refractivity contribution in [2.75, 3.05) is 39.5 Å². The summed E-state index contributed by atoms with van der Waals surface area (Å²) in [5.41, 5.74) is 6.60. The lowest BCUT2D eigenvalue weighted by molar-refractivity contribution is -0.144. The SMILES string of the molecule is CCCSNC(=O)c1ccc2c(C3CCCCC3)c3n(c2c1)CC1(C(=O)N2CCN(C)C4(CCCCC4)C2)CC1c1cc(OC)ccc1-3. The van der Waals surface area contributed by atoms with Gasteiger partial charge in [-0.15, -0.1) is 0 Å². The van der Waals surface area contributed by atoms with Crippen molar-refractivity contribution in [1.82, 2.24) is 19.1 Å². The van der Waals surface area contributed by atoms with Crippen LogP contribution in [0.1, 0.15) is 117 Å². The molecule has 1 N–H and O–H groups in total. The van der Waals surface area contributed by atoms with E-state index in [1.54, 1.807) is 7.11 Å². The molecule has 3 saturated carbocycles. The molecule has 1 spiro atoms. The predicted molar refractivity (Wildman–Crippen MR) is 195 cm³/mol. The van der Waals surface area contributed by atoms with Crippen molar-refractivity contribution < 1.29 is 14.3 Å². The van der Waals surface area contributed by atoms with Crippen LogP contribution in [0.2, 0.25) is 0 Å². The van der Waals surface area contributed by atoms with Gasteiger partial charge in [0.1, 0.15) is 5.75 Å². The maximum Gasteiger partial charge on any atom is 0.261 e. The summed E-state index contributed by atoms with van der Waals surface area (Å²) in [5, 5.41) is 1.25. The number of fused-ring (bicyclic) bond motifs is 7. The number of nitrogens with one attached hydrogen (secondary N) is 1. The lowest BCUT2D eigenvalue weighted by atomic mass is 9.78. The molecule has 4 fully saturated rings. The van der Waals surface area contributed by atoms with Gasteiger partial charge in [-0.25, -0.2) is 0 Å². The fourth-order valence-corrected chi connectivity index (χ4v) is 10.6. The first kappa shape index (κ1) is 32.2. The topological polar surface area (TPSA) is 66.8 Å². The highest BCUT2D eigenvalue weighted by atomic mass is 32.2. The Morgan fingerprint density at radius 3 is 2.54 bits per heavy atom. The molecule has 2 unspecified atom stereocenters. The molecule has 2 aromatic carbocycles. The molecule has 256 valence electrons. The molecule has 2 amide bonds. The van der Waals surface area contributed by atoms with E-state index in [0.29, 0.717) is 23.9 Å². The number of piperazine rings is 1. The molecule has 8 heteroatoms. The normalized spacial score (nSPS) is 25.2. The van der Waals surface area contributed by atoms with E-state index in [1.165, 1.54) is 104 Å². The third-order valence-corrected chi connectivity index (χ3v) is 13.7. The molecule has 1 aromatic heterocycles. The average Bonchev–Trinajstić information content (AvgIpc) is 3.79. The maximum absolute atomic E-state index is 15.1. The number of rotatable bonds is 7. The van der Waals surface area contributed by atoms with Crippen molar-refractivity contribution >= 4 is 34.7 Å². The molecular formula is C40H52N4O3S. The number of hydrogen-bond acceptors (Lipinski definition) is 5. The molecule has 2 aliphatic heterocycles. The summed E-state index contributed by atoms with van der Waals surface area (Å²) in [5.74, 6) is 2.66. The van der Waals surface area contributed by atoms with Gasteiger partial charge >= 0.3 is 0 Å². The summed E-state index contributed by atoms with van der Waals surface area (Å²) >= 11 is 1.48. The molecule has 7 nitrogen and oxygen atoms in total. The minimum Gasteiger partial charge on any atom is -0.497 e. The van der Waals surface area contributed by atoms with Crippen LogP contribution in [0.3, 0.4) is 0 Å². The summed E-state index contributed by atoms with van der Waals surface area (Å²) in [7, 11) is 4.02. The van der Waals surface area contributed by atoms with Crippen LogP contribution < -0.4 is 9.46 Å². The van der Waals surface area contributed by atoms with Gasteiger partial charge in [0.15, 0.2) is 0 Å². The van der Waals surface area contributed by atoms with E-state index >= 15 is 4.79 Å². The van der Waals surface area contributed by atoms with E-state index in [9.17, 15) is 4.79 Å². The zero-order valence-corrected chi connectivity index (χ0v) is 29.9. The van der Waals surface area contributed by atoms with Gasteiger partial charge in [0, 0.05) is 65.4 Å². The molecular weight excluding hydrogens is 617 g/mol. The van der Waals surface area contributed by atoms with Crippen LogP contribution in [0.15, 0.2) is 36.4 Å². The molecule has 3 heterocycles. The number of ether oxygens (including phenoxy) is 1. The van der Waals surface area contributed by atoms with Crippen LogP contribution in [-0.4, -0.2) is 71.3 Å². The molecule has 1 saturated heterocycles. The van der Waals surface area contributed by atoms with Crippen molar-refractivity contribution in [2.24, 2.45) is 5.41 Å². The number of amides is 2. The summed E-state index contributed by atoms with van der Waals surface area (Å²) in [6, 6.07) is 12.9. The van der Waals surface area contributed by atoms with Gasteiger partial charge in [-0.2, -0.15) is 0 Å². The smallest absolute Gasteiger partial charge is 0.261 e.